The average molecular weight is 539 g/mol. The van der Waals surface area contributed by atoms with Gasteiger partial charge in [0.2, 0.25) is 0 Å². The molecule has 0 amide bonds. The van der Waals surface area contributed by atoms with Crippen LogP contribution in [0, 0.1) is 0 Å². The fourth-order valence-electron chi connectivity index (χ4n) is 3.25. The highest BCUT2D eigenvalue weighted by molar-refractivity contribution is 14.0. The Kier molecular flexibility index (Phi) is 9.31. The number of ether oxygens (including phenoxy) is 2. The predicted molar refractivity (Wildman–Crippen MR) is 133 cm³/mol. The molecule has 31 heavy (non-hydrogen) atoms. The Morgan fingerprint density at radius 2 is 1.87 bits per heavy atom. The second-order valence-corrected chi connectivity index (χ2v) is 6.95. The fourth-order valence-corrected chi connectivity index (χ4v) is 3.25. The average Bonchev–Trinajstić information content (AvgIpc) is 3.18. The molecule has 2 heterocycles. The minimum Gasteiger partial charge on any atom is -0.493 e. The lowest BCUT2D eigenvalue weighted by molar-refractivity contribution is 0.295. The third kappa shape index (κ3) is 5.97. The van der Waals surface area contributed by atoms with E-state index in [1.807, 2.05) is 61.1 Å². The number of pyridine rings is 1. The highest BCUT2D eigenvalue weighted by Crippen LogP contribution is 2.31. The van der Waals surface area contributed by atoms with Crippen molar-refractivity contribution in [2.75, 3.05) is 41.9 Å². The molecule has 0 bridgehead atoms. The zero-order valence-corrected chi connectivity index (χ0v) is 20.8. The molecule has 0 saturated heterocycles. The van der Waals surface area contributed by atoms with Crippen LogP contribution in [0.15, 0.2) is 47.6 Å². The summed E-state index contributed by atoms with van der Waals surface area (Å²) in [5.74, 6) is 2.93. The third-order valence-corrected chi connectivity index (χ3v) is 4.90. The quantitative estimate of drug-likeness (QED) is 0.258. The second kappa shape index (κ2) is 11.7. The Labute approximate surface area is 199 Å². The number of methoxy groups -OCH3 is 2. The van der Waals surface area contributed by atoms with Gasteiger partial charge in [-0.2, -0.15) is 0 Å². The molecular formula is C21H30IN7O2. The molecule has 0 spiro atoms. The Morgan fingerprint density at radius 1 is 1.10 bits per heavy atom. The summed E-state index contributed by atoms with van der Waals surface area (Å²) in [6.07, 6.45) is 1.95. The number of halogens is 1. The van der Waals surface area contributed by atoms with Crippen molar-refractivity contribution in [1.29, 1.82) is 0 Å². The third-order valence-electron chi connectivity index (χ3n) is 4.90. The lowest BCUT2D eigenvalue weighted by atomic mass is 10.1. The number of aromatic nitrogens is 3. The van der Waals surface area contributed by atoms with E-state index in [1.165, 1.54) is 0 Å². The number of nitrogens with zero attached hydrogens (tertiary/aromatic N) is 5. The number of benzene rings is 1. The molecule has 0 aliphatic heterocycles. The van der Waals surface area contributed by atoms with Gasteiger partial charge in [-0.15, -0.1) is 34.2 Å². The highest BCUT2D eigenvalue weighted by atomic mass is 127. The topological polar surface area (TPSA) is 88.3 Å². The van der Waals surface area contributed by atoms with E-state index in [9.17, 15) is 0 Å². The van der Waals surface area contributed by atoms with Gasteiger partial charge >= 0.3 is 0 Å². The van der Waals surface area contributed by atoms with Crippen LogP contribution in [0.4, 0.5) is 0 Å². The van der Waals surface area contributed by atoms with E-state index >= 15 is 0 Å². The number of guanidine groups is 1. The zero-order chi connectivity index (χ0) is 21.5. The zero-order valence-electron chi connectivity index (χ0n) is 18.5. The van der Waals surface area contributed by atoms with Crippen LogP contribution in [0.2, 0.25) is 0 Å². The molecule has 0 saturated carbocycles. The van der Waals surface area contributed by atoms with Crippen molar-refractivity contribution in [3.8, 4) is 11.5 Å². The van der Waals surface area contributed by atoms with Gasteiger partial charge in [-0.25, -0.2) is 0 Å². The van der Waals surface area contributed by atoms with E-state index in [2.05, 4.69) is 30.7 Å². The maximum Gasteiger partial charge on any atom is 0.191 e. The molecule has 2 N–H and O–H groups in total. The minimum absolute atomic E-state index is 0. The molecule has 9 nitrogen and oxygen atoms in total. The maximum absolute atomic E-state index is 5.45. The van der Waals surface area contributed by atoms with Crippen molar-refractivity contribution in [3.63, 3.8) is 0 Å². The van der Waals surface area contributed by atoms with Crippen molar-refractivity contribution in [2.24, 2.45) is 4.99 Å². The smallest absolute Gasteiger partial charge is 0.191 e. The summed E-state index contributed by atoms with van der Waals surface area (Å²) in [5.41, 5.74) is 1.93. The van der Waals surface area contributed by atoms with Gasteiger partial charge in [-0.3, -0.25) is 9.39 Å². The number of nitrogens with one attached hydrogen (secondary N) is 2. The first-order valence-electron chi connectivity index (χ1n) is 9.69. The lowest BCUT2D eigenvalue weighted by Crippen LogP contribution is -2.41. The molecule has 1 atom stereocenters. The number of hydrogen-bond donors (Lipinski definition) is 2. The van der Waals surface area contributed by atoms with Crippen molar-refractivity contribution in [3.05, 3.63) is 54.0 Å². The standard InChI is InChI=1S/C21H29N7O2.HI/c1-22-21(24-14-20-26-25-19-8-6-7-11-28(19)20)23-13-16(27(2)3)15-9-10-17(29-4)18(12-15)30-5;/h6-12,16H,13-14H2,1-5H3,(H2,22,23,24);1H. The first-order chi connectivity index (χ1) is 14.6. The van der Waals surface area contributed by atoms with Crippen molar-refractivity contribution >= 4 is 35.6 Å². The molecule has 10 heteroatoms. The summed E-state index contributed by atoms with van der Waals surface area (Å²) >= 11 is 0. The van der Waals surface area contributed by atoms with E-state index in [0.29, 0.717) is 30.5 Å². The fraction of sp³-hybridized carbons (Fsp3) is 0.381. The van der Waals surface area contributed by atoms with E-state index in [-0.39, 0.29) is 30.0 Å². The summed E-state index contributed by atoms with van der Waals surface area (Å²) in [6, 6.07) is 11.9. The molecule has 168 valence electrons. The summed E-state index contributed by atoms with van der Waals surface area (Å²) in [5, 5.41) is 15.1. The molecular weight excluding hydrogens is 509 g/mol. The van der Waals surface area contributed by atoms with Gasteiger partial charge in [0, 0.05) is 19.8 Å². The highest BCUT2D eigenvalue weighted by Gasteiger charge is 2.17. The summed E-state index contributed by atoms with van der Waals surface area (Å²) < 4.78 is 12.8. The molecule has 2 aromatic heterocycles. The Bertz CT molecular complexity index is 1010. The largest absolute Gasteiger partial charge is 0.493 e. The normalized spacial score (nSPS) is 12.4. The molecule has 0 aliphatic carbocycles. The molecule has 0 aliphatic rings. The number of aliphatic imine (C=N–C) groups is 1. The summed E-state index contributed by atoms with van der Waals surface area (Å²) in [7, 11) is 9.11. The lowest BCUT2D eigenvalue weighted by Gasteiger charge is -2.26. The van der Waals surface area contributed by atoms with Crippen LogP contribution in [-0.2, 0) is 6.54 Å². The van der Waals surface area contributed by atoms with Crippen LogP contribution < -0.4 is 20.1 Å². The van der Waals surface area contributed by atoms with E-state index in [0.717, 1.165) is 17.0 Å². The van der Waals surface area contributed by atoms with Crippen LogP contribution in [0.25, 0.3) is 5.65 Å². The van der Waals surface area contributed by atoms with Gasteiger partial charge < -0.3 is 25.0 Å². The van der Waals surface area contributed by atoms with Crippen LogP contribution in [0.1, 0.15) is 17.4 Å². The number of rotatable bonds is 8. The van der Waals surface area contributed by atoms with Crippen molar-refractivity contribution in [1.82, 2.24) is 30.1 Å². The Morgan fingerprint density at radius 3 is 2.55 bits per heavy atom. The molecule has 1 aromatic carbocycles. The van der Waals surface area contributed by atoms with E-state index in [1.54, 1.807) is 21.3 Å². The van der Waals surface area contributed by atoms with Crippen molar-refractivity contribution in [2.45, 2.75) is 12.6 Å². The van der Waals surface area contributed by atoms with Crippen LogP contribution in [0.5, 0.6) is 11.5 Å². The minimum atomic E-state index is 0. The Hall–Kier alpha value is -2.60. The van der Waals surface area contributed by atoms with Gasteiger partial charge in [-0.1, -0.05) is 12.1 Å². The SMILES string of the molecule is CN=C(NCc1nnc2ccccn12)NCC(c1ccc(OC)c(OC)c1)N(C)C.I. The van der Waals surface area contributed by atoms with E-state index in [4.69, 9.17) is 9.47 Å². The number of likely N-dealkylation sites (N-methyl/N-ethyl adjacent to an activating group) is 1. The van der Waals surface area contributed by atoms with Gasteiger partial charge in [0.25, 0.3) is 0 Å². The molecule has 3 aromatic rings. The van der Waals surface area contributed by atoms with Crippen LogP contribution >= 0.6 is 24.0 Å². The first-order valence-corrected chi connectivity index (χ1v) is 9.69. The van der Waals surface area contributed by atoms with Gasteiger partial charge in [0.1, 0.15) is 0 Å². The Balaban J connectivity index is 0.00000341. The number of hydrogen-bond acceptors (Lipinski definition) is 6. The van der Waals surface area contributed by atoms with Gasteiger partial charge in [-0.05, 0) is 43.9 Å². The first kappa shape index (κ1) is 24.7. The molecule has 3 rings (SSSR count). The van der Waals surface area contributed by atoms with E-state index < -0.39 is 0 Å². The van der Waals surface area contributed by atoms with Gasteiger partial charge in [0.05, 0.1) is 26.8 Å². The van der Waals surface area contributed by atoms with Crippen LogP contribution in [-0.4, -0.2) is 67.4 Å². The maximum atomic E-state index is 5.45. The molecule has 1 unspecified atom stereocenters. The predicted octanol–water partition coefficient (Wildman–Crippen LogP) is 2.33. The summed E-state index contributed by atoms with van der Waals surface area (Å²) in [4.78, 5) is 6.47. The van der Waals surface area contributed by atoms with Gasteiger partial charge in [0.15, 0.2) is 28.9 Å². The van der Waals surface area contributed by atoms with Crippen molar-refractivity contribution < 1.29 is 9.47 Å². The molecule has 0 fully saturated rings. The second-order valence-electron chi connectivity index (χ2n) is 6.95. The molecule has 0 radical (unpaired) electrons. The van der Waals surface area contributed by atoms with Crippen LogP contribution in [0.3, 0.4) is 0 Å². The monoisotopic (exact) mass is 539 g/mol. The number of fused-ring (bicyclic) bond motifs is 1. The summed E-state index contributed by atoms with van der Waals surface area (Å²) in [6.45, 7) is 1.16.